The average molecular weight is 369 g/mol. The van der Waals surface area contributed by atoms with Crippen LogP contribution in [0.15, 0.2) is 48.5 Å². The highest BCUT2D eigenvalue weighted by atomic mass is 32.2. The fourth-order valence-corrected chi connectivity index (χ4v) is 4.16. The van der Waals surface area contributed by atoms with Gasteiger partial charge in [0, 0.05) is 18.8 Å². The van der Waals surface area contributed by atoms with Crippen LogP contribution in [0, 0.1) is 6.92 Å². The Morgan fingerprint density at radius 2 is 1.77 bits per heavy atom. The van der Waals surface area contributed by atoms with Crippen LogP contribution in [0.1, 0.15) is 35.1 Å². The first-order valence-electron chi connectivity index (χ1n) is 9.39. The predicted octanol–water partition coefficient (Wildman–Crippen LogP) is 4.14. The molecule has 1 amide bonds. The van der Waals surface area contributed by atoms with E-state index in [0.717, 1.165) is 12.3 Å². The van der Waals surface area contributed by atoms with E-state index in [9.17, 15) is 4.79 Å². The Labute approximate surface area is 161 Å². The molecule has 3 rings (SSSR count). The lowest BCUT2D eigenvalue weighted by molar-refractivity contribution is -0.118. The van der Waals surface area contributed by atoms with Gasteiger partial charge in [-0.15, -0.1) is 11.8 Å². The molecule has 0 unspecified atom stereocenters. The number of rotatable bonds is 8. The van der Waals surface area contributed by atoms with Crippen LogP contribution in [-0.2, 0) is 23.6 Å². The van der Waals surface area contributed by atoms with Gasteiger partial charge in [0.15, 0.2) is 0 Å². The molecule has 0 saturated carbocycles. The maximum Gasteiger partial charge on any atom is 0.230 e. The van der Waals surface area contributed by atoms with Gasteiger partial charge in [0.2, 0.25) is 5.91 Å². The van der Waals surface area contributed by atoms with E-state index in [1.165, 1.54) is 48.2 Å². The summed E-state index contributed by atoms with van der Waals surface area (Å²) < 4.78 is 0. The van der Waals surface area contributed by atoms with E-state index in [0.29, 0.717) is 12.3 Å². The van der Waals surface area contributed by atoms with Crippen LogP contribution in [0.5, 0.6) is 0 Å². The number of nitrogens with one attached hydrogen (secondary N) is 1. The number of likely N-dealkylation sites (tertiary alicyclic amines) is 1. The summed E-state index contributed by atoms with van der Waals surface area (Å²) in [5.74, 6) is 1.48. The van der Waals surface area contributed by atoms with Gasteiger partial charge in [-0.3, -0.25) is 9.69 Å². The molecule has 0 radical (unpaired) electrons. The number of carbonyl (C=O) groups is 1. The number of benzene rings is 2. The van der Waals surface area contributed by atoms with Crippen molar-refractivity contribution in [1.29, 1.82) is 0 Å². The first-order chi connectivity index (χ1) is 12.7. The lowest BCUT2D eigenvalue weighted by atomic mass is 10.1. The third-order valence-corrected chi connectivity index (χ3v) is 5.67. The molecule has 26 heavy (non-hydrogen) atoms. The first-order valence-corrected chi connectivity index (χ1v) is 10.5. The van der Waals surface area contributed by atoms with Crippen molar-refractivity contribution >= 4 is 17.7 Å². The number of hydrogen-bond donors (Lipinski definition) is 1. The Hall–Kier alpha value is -1.78. The molecule has 0 atom stereocenters. The third-order valence-electron chi connectivity index (χ3n) is 4.67. The second-order valence-electron chi connectivity index (χ2n) is 7.06. The van der Waals surface area contributed by atoms with Gasteiger partial charge in [-0.1, -0.05) is 54.1 Å². The smallest absolute Gasteiger partial charge is 0.230 e. The Balaban J connectivity index is 1.39. The molecule has 1 fully saturated rings. The van der Waals surface area contributed by atoms with E-state index in [-0.39, 0.29) is 5.91 Å². The molecular formula is C22H28N2OS. The maximum atomic E-state index is 12.1. The molecule has 1 heterocycles. The molecule has 0 spiro atoms. The van der Waals surface area contributed by atoms with Gasteiger partial charge in [0.05, 0.1) is 5.75 Å². The van der Waals surface area contributed by atoms with Gasteiger partial charge < -0.3 is 5.32 Å². The summed E-state index contributed by atoms with van der Waals surface area (Å²) >= 11 is 1.66. The second kappa shape index (κ2) is 9.79. The maximum absolute atomic E-state index is 12.1. The summed E-state index contributed by atoms with van der Waals surface area (Å²) in [5, 5.41) is 3.04. The van der Waals surface area contributed by atoms with Gasteiger partial charge in [-0.25, -0.2) is 0 Å². The van der Waals surface area contributed by atoms with Crippen molar-refractivity contribution in [2.45, 2.75) is 38.6 Å². The number of hydrogen-bond acceptors (Lipinski definition) is 3. The summed E-state index contributed by atoms with van der Waals surface area (Å²) in [6.07, 6.45) is 2.63. The Kier molecular flexibility index (Phi) is 7.15. The van der Waals surface area contributed by atoms with E-state index in [1.54, 1.807) is 11.8 Å². The van der Waals surface area contributed by atoms with Crippen molar-refractivity contribution in [3.63, 3.8) is 0 Å². The topological polar surface area (TPSA) is 32.3 Å². The lowest BCUT2D eigenvalue weighted by Gasteiger charge is -2.15. The predicted molar refractivity (Wildman–Crippen MR) is 110 cm³/mol. The average Bonchev–Trinajstić information content (AvgIpc) is 3.13. The molecule has 3 nitrogen and oxygen atoms in total. The van der Waals surface area contributed by atoms with E-state index >= 15 is 0 Å². The van der Waals surface area contributed by atoms with Gasteiger partial charge in [-0.05, 0) is 49.5 Å². The van der Waals surface area contributed by atoms with Gasteiger partial charge in [0.25, 0.3) is 0 Å². The van der Waals surface area contributed by atoms with Crippen molar-refractivity contribution in [2.75, 3.05) is 18.8 Å². The lowest BCUT2D eigenvalue weighted by Crippen LogP contribution is -2.24. The SMILES string of the molecule is Cc1cccc(CSCC(=O)NCc2cccc(CN3CCCC3)c2)c1. The summed E-state index contributed by atoms with van der Waals surface area (Å²) in [7, 11) is 0. The van der Waals surface area contributed by atoms with Crippen LogP contribution in [0.3, 0.4) is 0 Å². The Morgan fingerprint density at radius 3 is 2.58 bits per heavy atom. The summed E-state index contributed by atoms with van der Waals surface area (Å²) in [6, 6.07) is 17.0. The van der Waals surface area contributed by atoms with Crippen LogP contribution < -0.4 is 5.32 Å². The quantitative estimate of drug-likeness (QED) is 0.760. The minimum absolute atomic E-state index is 0.104. The van der Waals surface area contributed by atoms with Crippen molar-refractivity contribution in [3.8, 4) is 0 Å². The van der Waals surface area contributed by atoms with Crippen LogP contribution in [-0.4, -0.2) is 29.6 Å². The molecule has 2 aromatic rings. The molecule has 138 valence electrons. The van der Waals surface area contributed by atoms with Gasteiger partial charge in [0.1, 0.15) is 0 Å². The van der Waals surface area contributed by atoms with Gasteiger partial charge in [-0.2, -0.15) is 0 Å². The van der Waals surface area contributed by atoms with Crippen molar-refractivity contribution in [3.05, 3.63) is 70.8 Å². The second-order valence-corrected chi connectivity index (χ2v) is 8.05. The molecule has 0 bridgehead atoms. The Bertz CT molecular complexity index is 726. The summed E-state index contributed by atoms with van der Waals surface area (Å²) in [4.78, 5) is 14.6. The zero-order valence-corrected chi connectivity index (χ0v) is 16.4. The van der Waals surface area contributed by atoms with Crippen LogP contribution >= 0.6 is 11.8 Å². The van der Waals surface area contributed by atoms with Crippen LogP contribution in [0.2, 0.25) is 0 Å². The number of amides is 1. The molecule has 4 heteroatoms. The Morgan fingerprint density at radius 1 is 1.04 bits per heavy atom. The van der Waals surface area contributed by atoms with Crippen molar-refractivity contribution < 1.29 is 4.79 Å². The standard InChI is InChI=1S/C22H28N2OS/c1-18-6-4-9-21(12-18)16-26-17-22(25)23-14-19-7-5-8-20(13-19)15-24-10-2-3-11-24/h4-9,12-13H,2-3,10-11,14-17H2,1H3,(H,23,25). The van der Waals surface area contributed by atoms with Crippen LogP contribution in [0.4, 0.5) is 0 Å². The van der Waals surface area contributed by atoms with Gasteiger partial charge >= 0.3 is 0 Å². The number of carbonyl (C=O) groups excluding carboxylic acids is 1. The highest BCUT2D eigenvalue weighted by Crippen LogP contribution is 2.15. The number of aryl methyl sites for hydroxylation is 1. The summed E-state index contributed by atoms with van der Waals surface area (Å²) in [6.45, 7) is 6.14. The first kappa shape index (κ1) is 19.0. The normalized spacial score (nSPS) is 14.5. The third kappa shape index (κ3) is 6.19. The van der Waals surface area contributed by atoms with E-state index in [1.807, 2.05) is 0 Å². The molecule has 1 saturated heterocycles. The van der Waals surface area contributed by atoms with E-state index in [4.69, 9.17) is 0 Å². The fraction of sp³-hybridized carbons (Fsp3) is 0.409. The molecule has 1 aliphatic rings. The highest BCUT2D eigenvalue weighted by Gasteiger charge is 2.11. The number of nitrogens with zero attached hydrogens (tertiary/aromatic N) is 1. The number of thioether (sulfide) groups is 1. The fourth-order valence-electron chi connectivity index (χ4n) is 3.35. The van der Waals surface area contributed by atoms with Crippen molar-refractivity contribution in [1.82, 2.24) is 10.2 Å². The van der Waals surface area contributed by atoms with Crippen molar-refractivity contribution in [2.24, 2.45) is 0 Å². The molecule has 0 aromatic heterocycles. The monoisotopic (exact) mass is 368 g/mol. The molecule has 1 aliphatic heterocycles. The molecule has 1 N–H and O–H groups in total. The van der Waals surface area contributed by atoms with E-state index < -0.39 is 0 Å². The summed E-state index contributed by atoms with van der Waals surface area (Å²) in [5.41, 5.74) is 5.06. The van der Waals surface area contributed by atoms with E-state index in [2.05, 4.69) is 65.7 Å². The minimum atomic E-state index is 0.104. The molecule has 2 aromatic carbocycles. The minimum Gasteiger partial charge on any atom is -0.351 e. The molecule has 0 aliphatic carbocycles. The zero-order valence-electron chi connectivity index (χ0n) is 15.5. The molecular weight excluding hydrogens is 340 g/mol. The zero-order chi connectivity index (χ0) is 18.2. The van der Waals surface area contributed by atoms with Crippen LogP contribution in [0.25, 0.3) is 0 Å². The largest absolute Gasteiger partial charge is 0.351 e. The highest BCUT2D eigenvalue weighted by molar-refractivity contribution is 7.99.